The van der Waals surface area contributed by atoms with Gasteiger partial charge in [0.25, 0.3) is 0 Å². The predicted molar refractivity (Wildman–Crippen MR) is 79.0 cm³/mol. The SMILES string of the molecule is CC(C)(C)NCC1CCN(C2C3C4CCC(C4)C32)C1. The molecule has 0 aromatic rings. The van der Waals surface area contributed by atoms with E-state index in [1.165, 1.54) is 26.1 Å². The molecule has 5 unspecified atom stereocenters. The second kappa shape index (κ2) is 4.21. The van der Waals surface area contributed by atoms with Crippen LogP contribution in [0.3, 0.4) is 0 Å². The lowest BCUT2D eigenvalue weighted by Gasteiger charge is -2.24. The van der Waals surface area contributed by atoms with E-state index < -0.39 is 0 Å². The predicted octanol–water partition coefficient (Wildman–Crippen LogP) is 2.74. The highest BCUT2D eigenvalue weighted by Crippen LogP contribution is 2.67. The summed E-state index contributed by atoms with van der Waals surface area (Å²) >= 11 is 0. The Morgan fingerprint density at radius 2 is 1.74 bits per heavy atom. The molecule has 2 bridgehead atoms. The Morgan fingerprint density at radius 1 is 1.05 bits per heavy atom. The van der Waals surface area contributed by atoms with Crippen molar-refractivity contribution in [1.29, 1.82) is 0 Å². The van der Waals surface area contributed by atoms with E-state index in [9.17, 15) is 0 Å². The zero-order chi connectivity index (χ0) is 13.2. The molecule has 2 nitrogen and oxygen atoms in total. The number of likely N-dealkylation sites (tertiary alicyclic amines) is 1. The maximum atomic E-state index is 3.70. The van der Waals surface area contributed by atoms with E-state index in [4.69, 9.17) is 0 Å². The van der Waals surface area contributed by atoms with E-state index in [0.29, 0.717) is 0 Å². The van der Waals surface area contributed by atoms with E-state index in [2.05, 4.69) is 31.0 Å². The van der Waals surface area contributed by atoms with Gasteiger partial charge in [-0.05, 0) is 89.1 Å². The van der Waals surface area contributed by atoms with Crippen LogP contribution < -0.4 is 5.32 Å². The first-order valence-corrected chi connectivity index (χ1v) is 8.52. The topological polar surface area (TPSA) is 15.3 Å². The Kier molecular flexibility index (Phi) is 2.80. The highest BCUT2D eigenvalue weighted by Gasteiger charge is 2.66. The molecule has 2 heteroatoms. The molecule has 0 amide bonds. The van der Waals surface area contributed by atoms with Crippen LogP contribution >= 0.6 is 0 Å². The summed E-state index contributed by atoms with van der Waals surface area (Å²) in [6.45, 7) is 10.8. The summed E-state index contributed by atoms with van der Waals surface area (Å²) in [5.74, 6) is 5.43. The van der Waals surface area contributed by atoms with Gasteiger partial charge in [0, 0.05) is 18.1 Å². The third kappa shape index (κ3) is 2.15. The van der Waals surface area contributed by atoms with Gasteiger partial charge in [-0.2, -0.15) is 0 Å². The van der Waals surface area contributed by atoms with E-state index in [-0.39, 0.29) is 5.54 Å². The zero-order valence-electron chi connectivity index (χ0n) is 12.9. The van der Waals surface area contributed by atoms with Crippen LogP contribution in [-0.4, -0.2) is 36.1 Å². The number of nitrogens with one attached hydrogen (secondary N) is 1. The van der Waals surface area contributed by atoms with Crippen LogP contribution in [-0.2, 0) is 0 Å². The Bertz CT molecular complexity index is 343. The maximum absolute atomic E-state index is 3.70. The van der Waals surface area contributed by atoms with Crippen LogP contribution in [0.2, 0.25) is 0 Å². The van der Waals surface area contributed by atoms with Crippen LogP contribution in [0.15, 0.2) is 0 Å². The van der Waals surface area contributed by atoms with Crippen LogP contribution in [0.4, 0.5) is 0 Å². The fourth-order valence-electron chi connectivity index (χ4n) is 5.52. The largest absolute Gasteiger partial charge is 0.312 e. The second-order valence-corrected chi connectivity index (χ2v) is 8.76. The van der Waals surface area contributed by atoms with E-state index in [1.54, 1.807) is 19.3 Å². The number of hydrogen-bond acceptors (Lipinski definition) is 2. The van der Waals surface area contributed by atoms with Crippen molar-refractivity contribution in [2.45, 2.75) is 58.0 Å². The normalized spacial score (nSPS) is 48.8. The highest BCUT2D eigenvalue weighted by molar-refractivity contribution is 5.18. The van der Waals surface area contributed by atoms with E-state index in [1.807, 2.05) is 0 Å². The number of nitrogens with zero attached hydrogens (tertiary/aromatic N) is 1. The lowest BCUT2D eigenvalue weighted by Crippen LogP contribution is -2.40. The Morgan fingerprint density at radius 3 is 2.37 bits per heavy atom. The van der Waals surface area contributed by atoms with Gasteiger partial charge in [-0.3, -0.25) is 4.90 Å². The van der Waals surface area contributed by atoms with Crippen LogP contribution in [0.5, 0.6) is 0 Å². The zero-order valence-corrected chi connectivity index (χ0v) is 12.9. The quantitative estimate of drug-likeness (QED) is 0.841. The Hall–Kier alpha value is -0.0800. The van der Waals surface area contributed by atoms with E-state index >= 15 is 0 Å². The average molecular weight is 262 g/mol. The van der Waals surface area contributed by atoms with Crippen molar-refractivity contribution in [1.82, 2.24) is 10.2 Å². The molecule has 1 aliphatic heterocycles. The fourth-order valence-corrected chi connectivity index (χ4v) is 5.52. The monoisotopic (exact) mass is 262 g/mol. The molecule has 19 heavy (non-hydrogen) atoms. The van der Waals surface area contributed by atoms with Crippen LogP contribution in [0.25, 0.3) is 0 Å². The van der Waals surface area contributed by atoms with Crippen LogP contribution in [0.1, 0.15) is 46.5 Å². The summed E-state index contributed by atoms with van der Waals surface area (Å²) < 4.78 is 0. The van der Waals surface area contributed by atoms with Crippen molar-refractivity contribution in [2.75, 3.05) is 19.6 Å². The molecule has 3 aliphatic carbocycles. The van der Waals surface area contributed by atoms with Crippen molar-refractivity contribution in [3.05, 3.63) is 0 Å². The number of hydrogen-bond donors (Lipinski definition) is 1. The number of fused-ring (bicyclic) bond motifs is 5. The van der Waals surface area contributed by atoms with Gasteiger partial charge in [0.05, 0.1) is 0 Å². The van der Waals surface area contributed by atoms with Crippen molar-refractivity contribution >= 4 is 0 Å². The average Bonchev–Trinajstić information content (AvgIpc) is 2.75. The summed E-state index contributed by atoms with van der Waals surface area (Å²) in [6.07, 6.45) is 6.14. The lowest BCUT2D eigenvalue weighted by atomic mass is 10.0. The van der Waals surface area contributed by atoms with Gasteiger partial charge >= 0.3 is 0 Å². The standard InChI is InChI=1S/C17H30N2/c1-17(2,3)18-9-11-6-7-19(10-11)16-14-12-4-5-13(8-12)15(14)16/h11-16,18H,4-10H2,1-3H3. The Balaban J connectivity index is 1.29. The fraction of sp³-hybridized carbons (Fsp3) is 1.00. The van der Waals surface area contributed by atoms with Gasteiger partial charge in [0.2, 0.25) is 0 Å². The molecule has 108 valence electrons. The molecule has 1 N–H and O–H groups in total. The molecule has 4 fully saturated rings. The minimum absolute atomic E-state index is 0.280. The van der Waals surface area contributed by atoms with Gasteiger partial charge in [0.1, 0.15) is 0 Å². The first-order valence-electron chi connectivity index (χ1n) is 8.52. The number of rotatable bonds is 3. The molecule has 1 heterocycles. The van der Waals surface area contributed by atoms with Gasteiger partial charge in [0.15, 0.2) is 0 Å². The lowest BCUT2D eigenvalue weighted by molar-refractivity contribution is 0.254. The molecule has 1 saturated heterocycles. The third-order valence-corrected chi connectivity index (χ3v) is 6.35. The summed E-state index contributed by atoms with van der Waals surface area (Å²) in [5.41, 5.74) is 0.280. The molecule has 5 atom stereocenters. The molecule has 0 spiro atoms. The van der Waals surface area contributed by atoms with Crippen molar-refractivity contribution < 1.29 is 0 Å². The van der Waals surface area contributed by atoms with Crippen LogP contribution in [0, 0.1) is 29.6 Å². The molecular weight excluding hydrogens is 232 g/mol. The molecule has 0 aromatic carbocycles. The van der Waals surface area contributed by atoms with Crippen molar-refractivity contribution in [3.8, 4) is 0 Å². The third-order valence-electron chi connectivity index (χ3n) is 6.35. The maximum Gasteiger partial charge on any atom is 0.0164 e. The second-order valence-electron chi connectivity index (χ2n) is 8.76. The van der Waals surface area contributed by atoms with E-state index in [0.717, 1.165) is 35.6 Å². The van der Waals surface area contributed by atoms with Gasteiger partial charge in [-0.15, -0.1) is 0 Å². The molecule has 4 aliphatic rings. The highest BCUT2D eigenvalue weighted by atomic mass is 15.2. The Labute approximate surface area is 118 Å². The summed E-state index contributed by atoms with van der Waals surface area (Å²) in [7, 11) is 0. The van der Waals surface area contributed by atoms with Gasteiger partial charge in [-0.1, -0.05) is 0 Å². The molecule has 0 radical (unpaired) electrons. The first kappa shape index (κ1) is 12.6. The smallest absolute Gasteiger partial charge is 0.0164 e. The van der Waals surface area contributed by atoms with Gasteiger partial charge < -0.3 is 5.32 Å². The minimum Gasteiger partial charge on any atom is -0.312 e. The summed E-state index contributed by atoms with van der Waals surface area (Å²) in [5, 5.41) is 3.70. The minimum atomic E-state index is 0.280. The van der Waals surface area contributed by atoms with Crippen molar-refractivity contribution in [3.63, 3.8) is 0 Å². The van der Waals surface area contributed by atoms with Crippen molar-refractivity contribution in [2.24, 2.45) is 29.6 Å². The summed E-state index contributed by atoms with van der Waals surface area (Å²) in [4.78, 5) is 2.87. The molecule has 4 rings (SSSR count). The summed E-state index contributed by atoms with van der Waals surface area (Å²) in [6, 6.07) is 1.02. The first-order chi connectivity index (χ1) is 9.03. The molecule has 0 aromatic heterocycles. The molecular formula is C17H30N2. The van der Waals surface area contributed by atoms with Gasteiger partial charge in [-0.25, -0.2) is 0 Å². The molecule has 3 saturated carbocycles.